The molecule has 1 aliphatic carbocycles. The summed E-state index contributed by atoms with van der Waals surface area (Å²) in [5.74, 6) is -1.71. The van der Waals surface area contributed by atoms with Gasteiger partial charge in [0, 0.05) is 24.2 Å². The summed E-state index contributed by atoms with van der Waals surface area (Å²) in [6, 6.07) is 9.39. The molecular formula is C18H21NO4. The molecule has 23 heavy (non-hydrogen) atoms. The van der Waals surface area contributed by atoms with E-state index in [9.17, 15) is 14.4 Å². The van der Waals surface area contributed by atoms with Crippen LogP contribution in [0.5, 0.6) is 0 Å². The van der Waals surface area contributed by atoms with E-state index in [1.807, 2.05) is 37.3 Å². The second-order valence-electron chi connectivity index (χ2n) is 5.40. The van der Waals surface area contributed by atoms with Gasteiger partial charge in [0.1, 0.15) is 0 Å². The lowest BCUT2D eigenvalue weighted by molar-refractivity contribution is -0.151. The van der Waals surface area contributed by atoms with E-state index in [4.69, 9.17) is 4.74 Å². The Hall–Kier alpha value is -2.43. The molecule has 0 spiro atoms. The first-order chi connectivity index (χ1) is 11.1. The monoisotopic (exact) mass is 315 g/mol. The van der Waals surface area contributed by atoms with Crippen LogP contribution in [0.1, 0.15) is 33.1 Å². The summed E-state index contributed by atoms with van der Waals surface area (Å²) in [7, 11) is 0. The number of ketones is 2. The highest BCUT2D eigenvalue weighted by atomic mass is 16.5. The Bertz CT molecular complexity index is 614. The number of para-hydroxylation sites is 1. The van der Waals surface area contributed by atoms with Crippen LogP contribution in [-0.2, 0) is 19.1 Å². The highest BCUT2D eigenvalue weighted by molar-refractivity contribution is 6.23. The minimum atomic E-state index is -0.659. The number of nitrogens with one attached hydrogen (secondary N) is 1. The van der Waals surface area contributed by atoms with Gasteiger partial charge in [-0.2, -0.15) is 0 Å². The number of carbonyl (C=O) groups excluding carboxylic acids is 3. The van der Waals surface area contributed by atoms with Crippen LogP contribution in [0.2, 0.25) is 0 Å². The van der Waals surface area contributed by atoms with Gasteiger partial charge >= 0.3 is 5.97 Å². The summed E-state index contributed by atoms with van der Waals surface area (Å²) in [5, 5.41) is 3.15. The summed E-state index contributed by atoms with van der Waals surface area (Å²) < 4.78 is 4.92. The van der Waals surface area contributed by atoms with Gasteiger partial charge in [-0.05, 0) is 25.5 Å². The molecule has 1 saturated carbocycles. The molecule has 5 nitrogen and oxygen atoms in total. The Morgan fingerprint density at radius 3 is 2.26 bits per heavy atom. The zero-order valence-electron chi connectivity index (χ0n) is 13.4. The Morgan fingerprint density at radius 1 is 1.13 bits per heavy atom. The van der Waals surface area contributed by atoms with Crippen molar-refractivity contribution in [3.63, 3.8) is 0 Å². The van der Waals surface area contributed by atoms with E-state index in [0.29, 0.717) is 12.1 Å². The van der Waals surface area contributed by atoms with Crippen LogP contribution in [0.3, 0.4) is 0 Å². The maximum Gasteiger partial charge on any atom is 0.309 e. The van der Waals surface area contributed by atoms with Crippen molar-refractivity contribution in [2.75, 3.05) is 11.9 Å². The van der Waals surface area contributed by atoms with Crippen LogP contribution in [0, 0.1) is 5.92 Å². The Morgan fingerprint density at radius 2 is 1.74 bits per heavy atom. The van der Waals surface area contributed by atoms with Gasteiger partial charge in [0.25, 0.3) is 0 Å². The van der Waals surface area contributed by atoms with Gasteiger partial charge in [-0.3, -0.25) is 14.4 Å². The standard InChI is InChI=1S/C18H21NO4/c1-3-14(19-13-8-6-5-7-9-13)17-15(20)10-12(11-16(17)21)18(22)23-4-2/h5-9,12,19H,3-4,10-11H2,1-2H3. The molecule has 0 saturated heterocycles. The van der Waals surface area contributed by atoms with Crippen molar-refractivity contribution in [1.82, 2.24) is 0 Å². The molecule has 1 aromatic carbocycles. The van der Waals surface area contributed by atoms with E-state index in [2.05, 4.69) is 5.32 Å². The van der Waals surface area contributed by atoms with Crippen LogP contribution in [0.4, 0.5) is 5.69 Å². The minimum Gasteiger partial charge on any atom is -0.466 e. The third-order valence-electron chi connectivity index (χ3n) is 3.77. The quantitative estimate of drug-likeness (QED) is 0.514. The van der Waals surface area contributed by atoms with Crippen LogP contribution in [-0.4, -0.2) is 24.1 Å². The molecular weight excluding hydrogens is 294 g/mol. The fraction of sp³-hybridized carbons (Fsp3) is 0.389. The Labute approximate surface area is 135 Å². The first-order valence-corrected chi connectivity index (χ1v) is 7.85. The van der Waals surface area contributed by atoms with Crippen LogP contribution in [0.15, 0.2) is 41.6 Å². The van der Waals surface area contributed by atoms with E-state index in [-0.39, 0.29) is 36.6 Å². The first-order valence-electron chi connectivity index (χ1n) is 7.85. The molecule has 2 rings (SSSR count). The summed E-state index contributed by atoms with van der Waals surface area (Å²) >= 11 is 0. The third-order valence-corrected chi connectivity index (χ3v) is 3.77. The number of allylic oxidation sites excluding steroid dienone is 2. The first kappa shape index (κ1) is 16.9. The largest absolute Gasteiger partial charge is 0.466 e. The molecule has 0 amide bonds. The van der Waals surface area contributed by atoms with Gasteiger partial charge in [-0.15, -0.1) is 0 Å². The lowest BCUT2D eigenvalue weighted by Crippen LogP contribution is -2.33. The highest BCUT2D eigenvalue weighted by Crippen LogP contribution is 2.27. The molecule has 1 aromatic rings. The van der Waals surface area contributed by atoms with Gasteiger partial charge in [-0.1, -0.05) is 25.1 Å². The number of benzene rings is 1. The van der Waals surface area contributed by atoms with Gasteiger partial charge < -0.3 is 10.1 Å². The minimum absolute atomic E-state index is 0.0277. The average molecular weight is 315 g/mol. The molecule has 1 N–H and O–H groups in total. The number of ether oxygens (including phenoxy) is 1. The number of Topliss-reactive ketones (excluding diaryl/α,β-unsaturated/α-hetero) is 2. The topological polar surface area (TPSA) is 72.5 Å². The lowest BCUT2D eigenvalue weighted by Gasteiger charge is -2.23. The normalized spacial score (nSPS) is 17.8. The third kappa shape index (κ3) is 4.06. The predicted octanol–water partition coefficient (Wildman–Crippen LogP) is 2.87. The molecule has 5 heteroatoms. The van der Waals surface area contributed by atoms with Crippen molar-refractivity contribution in [2.45, 2.75) is 33.1 Å². The van der Waals surface area contributed by atoms with E-state index >= 15 is 0 Å². The number of rotatable bonds is 5. The molecule has 1 aliphatic rings. The summed E-state index contributed by atoms with van der Waals surface area (Å²) in [6.07, 6.45) is 0.589. The zero-order chi connectivity index (χ0) is 16.8. The molecule has 0 atom stereocenters. The Balaban J connectivity index is 2.22. The van der Waals surface area contributed by atoms with Gasteiger partial charge in [0.15, 0.2) is 11.6 Å². The lowest BCUT2D eigenvalue weighted by atomic mass is 9.82. The summed E-state index contributed by atoms with van der Waals surface area (Å²) in [4.78, 5) is 36.5. The molecule has 0 unspecified atom stereocenters. The summed E-state index contributed by atoms with van der Waals surface area (Å²) in [6.45, 7) is 3.83. The zero-order valence-corrected chi connectivity index (χ0v) is 13.4. The number of anilines is 1. The smallest absolute Gasteiger partial charge is 0.309 e. The molecule has 0 radical (unpaired) electrons. The van der Waals surface area contributed by atoms with Crippen molar-refractivity contribution in [3.05, 3.63) is 41.6 Å². The molecule has 0 aliphatic heterocycles. The maximum atomic E-state index is 12.4. The molecule has 0 heterocycles. The van der Waals surface area contributed by atoms with Gasteiger partial charge in [0.2, 0.25) is 0 Å². The highest BCUT2D eigenvalue weighted by Gasteiger charge is 2.36. The number of hydrogen-bond donors (Lipinski definition) is 1. The van der Waals surface area contributed by atoms with E-state index in [1.54, 1.807) is 6.92 Å². The van der Waals surface area contributed by atoms with Gasteiger partial charge in [0.05, 0.1) is 18.1 Å². The van der Waals surface area contributed by atoms with E-state index in [0.717, 1.165) is 5.69 Å². The van der Waals surface area contributed by atoms with Crippen LogP contribution < -0.4 is 5.32 Å². The molecule has 0 bridgehead atoms. The van der Waals surface area contributed by atoms with Crippen molar-refractivity contribution in [2.24, 2.45) is 5.92 Å². The summed E-state index contributed by atoms with van der Waals surface area (Å²) in [5.41, 5.74) is 1.62. The van der Waals surface area contributed by atoms with Gasteiger partial charge in [-0.25, -0.2) is 0 Å². The van der Waals surface area contributed by atoms with E-state index < -0.39 is 11.9 Å². The van der Waals surface area contributed by atoms with Crippen molar-refractivity contribution < 1.29 is 19.1 Å². The Kier molecular flexibility index (Phi) is 5.68. The van der Waals surface area contributed by atoms with Crippen molar-refractivity contribution in [1.29, 1.82) is 0 Å². The van der Waals surface area contributed by atoms with Crippen LogP contribution in [0.25, 0.3) is 0 Å². The fourth-order valence-corrected chi connectivity index (χ4v) is 2.67. The average Bonchev–Trinajstić information content (AvgIpc) is 2.54. The number of carbonyl (C=O) groups is 3. The molecule has 122 valence electrons. The second kappa shape index (κ2) is 7.72. The predicted molar refractivity (Wildman–Crippen MR) is 86.8 cm³/mol. The van der Waals surface area contributed by atoms with Crippen LogP contribution >= 0.6 is 0 Å². The fourth-order valence-electron chi connectivity index (χ4n) is 2.67. The van der Waals surface area contributed by atoms with Crippen molar-refractivity contribution >= 4 is 23.2 Å². The number of hydrogen-bond acceptors (Lipinski definition) is 5. The SMILES string of the molecule is CCOC(=O)C1CC(=O)C(=C(CC)Nc2ccccc2)C(=O)C1. The van der Waals surface area contributed by atoms with E-state index in [1.165, 1.54) is 0 Å². The number of esters is 1. The second-order valence-corrected chi connectivity index (χ2v) is 5.40. The molecule has 0 aromatic heterocycles. The molecule has 1 fully saturated rings. The maximum absolute atomic E-state index is 12.4. The van der Waals surface area contributed by atoms with Crippen molar-refractivity contribution in [3.8, 4) is 0 Å².